The molecule has 58 heavy (non-hydrogen) atoms. The van der Waals surface area contributed by atoms with Gasteiger partial charge in [0.2, 0.25) is 11.8 Å². The van der Waals surface area contributed by atoms with E-state index < -0.39 is 60.2 Å². The number of halogens is 2. The van der Waals surface area contributed by atoms with Gasteiger partial charge < -0.3 is 29.6 Å². The molecular formula is C42H48Br2N4O10. The second-order valence-electron chi connectivity index (χ2n) is 13.9. The number of alkyl halides is 2. The fourth-order valence-electron chi connectivity index (χ4n) is 6.62. The molecule has 2 saturated heterocycles. The first kappa shape index (κ1) is 44.1. The summed E-state index contributed by atoms with van der Waals surface area (Å²) in [6, 6.07) is 22.6. The Morgan fingerprint density at radius 2 is 0.931 bits per heavy atom. The van der Waals surface area contributed by atoms with Gasteiger partial charge in [-0.1, -0.05) is 105 Å². The van der Waals surface area contributed by atoms with E-state index in [1.807, 2.05) is 60.7 Å². The number of likely N-dealkylation sites (tertiary alicyclic amines) is 2. The zero-order chi connectivity index (χ0) is 41.3. The number of para-hydroxylation sites is 2. The van der Waals surface area contributed by atoms with Crippen LogP contribution >= 0.6 is 31.9 Å². The first-order valence-electron chi connectivity index (χ1n) is 19.3. The van der Waals surface area contributed by atoms with Crippen LogP contribution in [0.2, 0.25) is 0 Å². The molecule has 2 heterocycles. The van der Waals surface area contributed by atoms with Gasteiger partial charge in [-0.05, 0) is 48.9 Å². The van der Waals surface area contributed by atoms with Crippen molar-refractivity contribution in [2.24, 2.45) is 0 Å². The van der Waals surface area contributed by atoms with Crippen molar-refractivity contribution in [1.82, 2.24) is 9.80 Å². The van der Waals surface area contributed by atoms with Gasteiger partial charge in [0.25, 0.3) is 0 Å². The first-order chi connectivity index (χ1) is 28.1. The zero-order valence-corrected chi connectivity index (χ0v) is 35.2. The summed E-state index contributed by atoms with van der Waals surface area (Å²) in [6.45, 7) is -0.139. The Labute approximate surface area is 354 Å². The second-order valence-corrected chi connectivity index (χ2v) is 15.5. The molecule has 0 unspecified atom stereocenters. The Bertz CT molecular complexity index is 1720. The van der Waals surface area contributed by atoms with Crippen LogP contribution in [0.4, 0.5) is 21.0 Å². The first-order valence-corrected chi connectivity index (χ1v) is 21.6. The third kappa shape index (κ3) is 13.3. The minimum atomic E-state index is -1.07. The van der Waals surface area contributed by atoms with E-state index in [2.05, 4.69) is 42.5 Å². The Balaban J connectivity index is 1.28. The third-order valence-electron chi connectivity index (χ3n) is 9.58. The van der Waals surface area contributed by atoms with Crippen LogP contribution < -0.4 is 10.6 Å². The average molecular weight is 929 g/mol. The lowest BCUT2D eigenvalue weighted by atomic mass is 10.1. The van der Waals surface area contributed by atoms with E-state index >= 15 is 0 Å². The van der Waals surface area contributed by atoms with E-state index in [0.29, 0.717) is 12.8 Å². The maximum atomic E-state index is 14.0. The summed E-state index contributed by atoms with van der Waals surface area (Å²) in [7, 11) is 0. The molecule has 2 aliphatic rings. The van der Waals surface area contributed by atoms with Gasteiger partial charge in [-0.2, -0.15) is 0 Å². The highest BCUT2D eigenvalue weighted by molar-refractivity contribution is 9.09. The Kier molecular flexibility index (Phi) is 17.4. The zero-order valence-electron chi connectivity index (χ0n) is 32.0. The van der Waals surface area contributed by atoms with Gasteiger partial charge in [0.05, 0.1) is 24.5 Å². The molecule has 3 aromatic rings. The summed E-state index contributed by atoms with van der Waals surface area (Å²) in [5.41, 5.74) is 1.96. The highest BCUT2D eigenvalue weighted by atomic mass is 79.9. The fourth-order valence-corrected chi connectivity index (χ4v) is 7.41. The van der Waals surface area contributed by atoms with Crippen LogP contribution in [0.3, 0.4) is 0 Å². The van der Waals surface area contributed by atoms with E-state index in [1.54, 1.807) is 24.3 Å². The van der Waals surface area contributed by atoms with Gasteiger partial charge in [-0.15, -0.1) is 0 Å². The fraction of sp³-hybridized carbons (Fsp3) is 0.429. The average Bonchev–Trinajstić information content (AvgIpc) is 3.85. The van der Waals surface area contributed by atoms with Crippen molar-refractivity contribution >= 4 is 79.2 Å². The highest BCUT2D eigenvalue weighted by Crippen LogP contribution is 2.29. The summed E-state index contributed by atoms with van der Waals surface area (Å²) in [4.78, 5) is 82.5. The topological polar surface area (TPSA) is 170 Å². The van der Waals surface area contributed by atoms with Crippen LogP contribution in [-0.2, 0) is 51.3 Å². The summed E-state index contributed by atoms with van der Waals surface area (Å²) in [5.74, 6) is -2.02. The molecule has 2 aliphatic heterocycles. The van der Waals surface area contributed by atoms with Crippen LogP contribution in [0.5, 0.6) is 0 Å². The third-order valence-corrected chi connectivity index (χ3v) is 10.7. The van der Waals surface area contributed by atoms with E-state index in [1.165, 1.54) is 9.80 Å². The normalized spacial score (nSPS) is 18.6. The maximum absolute atomic E-state index is 14.0. The summed E-state index contributed by atoms with van der Waals surface area (Å²) in [5, 5.41) is 7.16. The number of benzene rings is 3. The number of carbonyl (C=O) groups is 6. The van der Waals surface area contributed by atoms with Crippen molar-refractivity contribution in [3.05, 3.63) is 96.1 Å². The summed E-state index contributed by atoms with van der Waals surface area (Å²) < 4.78 is 22.5. The van der Waals surface area contributed by atoms with Gasteiger partial charge in [0.15, 0.2) is 0 Å². The molecule has 0 aliphatic carbocycles. The maximum Gasteiger partial charge on any atom is 0.410 e. The Morgan fingerprint density at radius 1 is 0.552 bits per heavy atom. The molecule has 0 bridgehead atoms. The van der Waals surface area contributed by atoms with Gasteiger partial charge in [0.1, 0.15) is 37.5 Å². The van der Waals surface area contributed by atoms with Gasteiger partial charge >= 0.3 is 24.1 Å². The number of rotatable bonds is 18. The number of anilines is 2. The largest absolute Gasteiger partial charge is 0.460 e. The van der Waals surface area contributed by atoms with Crippen molar-refractivity contribution in [3.63, 3.8) is 0 Å². The van der Waals surface area contributed by atoms with Crippen LogP contribution in [0.25, 0.3) is 0 Å². The van der Waals surface area contributed by atoms with Crippen LogP contribution in [0, 0.1) is 0 Å². The number of amides is 4. The second kappa shape index (κ2) is 22.8. The lowest BCUT2D eigenvalue weighted by molar-refractivity contribution is -0.149. The SMILES string of the molecule is O=C(CCCCBr)O[C@@H]1C[C@@H](C(=O)Nc2ccccc2NC(=O)[C@@H]2C[C@@H](OC(=O)CCCCBr)CN2C(=O)OCc2ccccc2)N(C(=O)OCc2ccccc2)C1. The number of nitrogens with one attached hydrogen (secondary N) is 2. The minimum Gasteiger partial charge on any atom is -0.460 e. The van der Waals surface area contributed by atoms with Gasteiger partial charge in [-0.25, -0.2) is 9.59 Å². The molecule has 2 N–H and O–H groups in total. The van der Waals surface area contributed by atoms with Crippen LogP contribution in [-0.4, -0.2) is 93.8 Å². The summed E-state index contributed by atoms with van der Waals surface area (Å²) >= 11 is 6.71. The smallest absolute Gasteiger partial charge is 0.410 e. The molecule has 3 aromatic carbocycles. The molecule has 5 rings (SSSR count). The standard InChI is InChI=1S/C42H48Br2N4O10/c43-21-11-9-19-37(49)57-31-23-35(47(25-31)41(53)55-27-29-13-3-1-4-14-29)39(51)45-33-17-7-8-18-34(33)46-40(52)36-24-32(58-38(50)20-10-12-22-44)26-48(36)42(54)56-28-30-15-5-2-6-16-30/h1-8,13-18,31-32,35-36H,9-12,19-28H2,(H,45,51)(H,46,52)/t31-,32-,35+,36+/m1/s1. The molecule has 2 fully saturated rings. The minimum absolute atomic E-state index is 0.0223. The Hall–Kier alpha value is -4.96. The molecule has 4 amide bonds. The van der Waals surface area contributed by atoms with Crippen molar-refractivity contribution in [2.75, 3.05) is 34.4 Å². The number of esters is 2. The van der Waals surface area contributed by atoms with Gasteiger partial charge in [0, 0.05) is 36.3 Å². The van der Waals surface area contributed by atoms with Crippen LogP contribution in [0.15, 0.2) is 84.9 Å². The predicted molar refractivity (Wildman–Crippen MR) is 222 cm³/mol. The molecule has 16 heteroatoms. The number of nitrogens with zero attached hydrogens (tertiary/aromatic N) is 2. The van der Waals surface area contributed by atoms with Crippen LogP contribution in [0.1, 0.15) is 62.5 Å². The van der Waals surface area contributed by atoms with Gasteiger partial charge in [-0.3, -0.25) is 29.0 Å². The van der Waals surface area contributed by atoms with Crippen molar-refractivity contribution in [3.8, 4) is 0 Å². The lowest BCUT2D eigenvalue weighted by Crippen LogP contribution is -2.44. The molecule has 310 valence electrons. The number of hydrogen-bond acceptors (Lipinski definition) is 10. The number of ether oxygens (including phenoxy) is 4. The molecule has 0 spiro atoms. The van der Waals surface area contributed by atoms with Crippen molar-refractivity contribution in [2.45, 2.75) is 88.9 Å². The van der Waals surface area contributed by atoms with Crippen molar-refractivity contribution in [1.29, 1.82) is 0 Å². The van der Waals surface area contributed by atoms with E-state index in [0.717, 1.165) is 34.6 Å². The summed E-state index contributed by atoms with van der Waals surface area (Å²) in [6.07, 6.45) is 0.329. The molecule has 0 aromatic heterocycles. The predicted octanol–water partition coefficient (Wildman–Crippen LogP) is 7.34. The molecular weight excluding hydrogens is 880 g/mol. The molecule has 14 nitrogen and oxygen atoms in total. The number of carbonyl (C=O) groups excluding carboxylic acids is 6. The lowest BCUT2D eigenvalue weighted by Gasteiger charge is -2.25. The molecule has 0 radical (unpaired) electrons. The Morgan fingerprint density at radius 3 is 1.31 bits per heavy atom. The van der Waals surface area contributed by atoms with E-state index in [-0.39, 0.29) is 63.4 Å². The van der Waals surface area contributed by atoms with E-state index in [4.69, 9.17) is 18.9 Å². The van der Waals surface area contributed by atoms with E-state index in [9.17, 15) is 28.8 Å². The monoisotopic (exact) mass is 926 g/mol. The molecule has 4 atom stereocenters. The number of hydrogen-bond donors (Lipinski definition) is 2. The number of unbranched alkanes of at least 4 members (excludes halogenated alkanes) is 2. The highest BCUT2D eigenvalue weighted by Gasteiger charge is 2.44. The quantitative estimate of drug-likeness (QED) is 0.0570. The van der Waals surface area contributed by atoms with Crippen molar-refractivity contribution < 1.29 is 47.7 Å². The molecule has 0 saturated carbocycles.